The molecule has 0 radical (unpaired) electrons. The number of hydrogen-bond donors (Lipinski definition) is 0. The summed E-state index contributed by atoms with van der Waals surface area (Å²) in [6.45, 7) is 4.20. The summed E-state index contributed by atoms with van der Waals surface area (Å²) in [5.41, 5.74) is 4.03. The lowest BCUT2D eigenvalue weighted by atomic mass is 10.1. The van der Waals surface area contributed by atoms with E-state index in [1.54, 1.807) is 17.2 Å². The molecule has 29 heavy (non-hydrogen) atoms. The van der Waals surface area contributed by atoms with E-state index in [9.17, 15) is 4.79 Å². The third-order valence-electron chi connectivity index (χ3n) is 4.82. The number of hydrogen-bond acceptors (Lipinski definition) is 4. The number of carbonyl (C=O) groups excluding carboxylic acids is 1. The Balaban J connectivity index is 1.84. The van der Waals surface area contributed by atoms with E-state index >= 15 is 0 Å². The lowest BCUT2D eigenvalue weighted by molar-refractivity contribution is -0.113. The third kappa shape index (κ3) is 3.91. The topological polar surface area (TPSA) is 45.8 Å². The van der Waals surface area contributed by atoms with Crippen LogP contribution in [0.2, 0.25) is 0 Å². The number of anilines is 1. The molecule has 0 N–H and O–H groups in total. The van der Waals surface area contributed by atoms with E-state index in [1.807, 2.05) is 48.5 Å². The highest BCUT2D eigenvalue weighted by Gasteiger charge is 2.36. The van der Waals surface area contributed by atoms with Gasteiger partial charge in [-0.3, -0.25) is 9.69 Å². The Morgan fingerprint density at radius 3 is 2.41 bits per heavy atom. The Morgan fingerprint density at radius 2 is 1.69 bits per heavy atom. The monoisotopic (exact) mass is 402 g/mol. The van der Waals surface area contributed by atoms with Crippen molar-refractivity contribution in [1.82, 2.24) is 0 Å². The maximum absolute atomic E-state index is 13.4. The van der Waals surface area contributed by atoms with Crippen LogP contribution in [0.4, 0.5) is 11.4 Å². The van der Waals surface area contributed by atoms with Gasteiger partial charge in [0.15, 0.2) is 5.17 Å². The van der Waals surface area contributed by atoms with Gasteiger partial charge in [-0.05, 0) is 60.0 Å². The highest BCUT2D eigenvalue weighted by atomic mass is 32.2. The fourth-order valence-corrected chi connectivity index (χ4v) is 4.28. The van der Waals surface area contributed by atoms with Crippen LogP contribution < -0.4 is 4.90 Å². The molecule has 1 aromatic heterocycles. The van der Waals surface area contributed by atoms with E-state index in [2.05, 4.69) is 26.0 Å². The van der Waals surface area contributed by atoms with Gasteiger partial charge in [-0.25, -0.2) is 4.99 Å². The van der Waals surface area contributed by atoms with Crippen LogP contribution in [-0.2, 0) is 17.6 Å². The van der Waals surface area contributed by atoms with Gasteiger partial charge in [0.05, 0.1) is 22.5 Å². The van der Waals surface area contributed by atoms with Gasteiger partial charge in [-0.15, -0.1) is 0 Å². The standard InChI is InChI=1S/C24H22N2O2S/c1-3-17-10-5-7-13-20(17)25-24-26(21-14-8-6-11-18(21)4-2)23(27)22(29-24)16-19-12-9-15-28-19/h5-16H,3-4H2,1-2H3/b22-16+,25-24?. The fraction of sp³-hybridized carbons (Fsp3) is 0.167. The summed E-state index contributed by atoms with van der Waals surface area (Å²) in [5, 5.41) is 0.662. The SMILES string of the molecule is CCc1ccccc1N=C1S/C(=C/c2ccco2)C(=O)N1c1ccccc1CC. The lowest BCUT2D eigenvalue weighted by Crippen LogP contribution is -2.29. The second kappa shape index (κ2) is 8.53. The van der Waals surface area contributed by atoms with E-state index in [0.717, 1.165) is 35.3 Å². The molecule has 146 valence electrons. The summed E-state index contributed by atoms with van der Waals surface area (Å²) in [4.78, 5) is 20.6. The predicted molar refractivity (Wildman–Crippen MR) is 120 cm³/mol. The molecule has 1 aliphatic heterocycles. The fourth-order valence-electron chi connectivity index (χ4n) is 3.31. The molecule has 2 heterocycles. The number of aliphatic imine (C=N–C) groups is 1. The minimum atomic E-state index is -0.0833. The van der Waals surface area contributed by atoms with Gasteiger partial charge in [-0.2, -0.15) is 0 Å². The molecule has 4 nitrogen and oxygen atoms in total. The average Bonchev–Trinajstić information content (AvgIpc) is 3.37. The smallest absolute Gasteiger partial charge is 0.271 e. The van der Waals surface area contributed by atoms with E-state index in [0.29, 0.717) is 15.8 Å². The molecule has 0 aliphatic carbocycles. The van der Waals surface area contributed by atoms with Crippen molar-refractivity contribution in [2.75, 3.05) is 4.90 Å². The molecule has 4 rings (SSSR count). The first kappa shape index (κ1) is 19.3. The molecule has 0 atom stereocenters. The van der Waals surface area contributed by atoms with Crippen molar-refractivity contribution in [2.45, 2.75) is 26.7 Å². The van der Waals surface area contributed by atoms with Gasteiger partial charge in [0, 0.05) is 6.08 Å². The van der Waals surface area contributed by atoms with Crippen LogP contribution in [0, 0.1) is 0 Å². The van der Waals surface area contributed by atoms with Gasteiger partial charge in [0.1, 0.15) is 5.76 Å². The van der Waals surface area contributed by atoms with E-state index in [-0.39, 0.29) is 5.91 Å². The van der Waals surface area contributed by atoms with Gasteiger partial charge in [0.2, 0.25) is 0 Å². The molecule has 0 spiro atoms. The average molecular weight is 403 g/mol. The number of nitrogens with zero attached hydrogens (tertiary/aromatic N) is 2. The number of aryl methyl sites for hydroxylation is 2. The molecule has 1 fully saturated rings. The first-order valence-corrected chi connectivity index (χ1v) is 10.5. The Labute approximate surface area is 175 Å². The molecule has 3 aromatic rings. The molecule has 0 unspecified atom stereocenters. The van der Waals surface area contributed by atoms with Crippen LogP contribution in [0.5, 0.6) is 0 Å². The predicted octanol–water partition coefficient (Wildman–Crippen LogP) is 6.21. The van der Waals surface area contributed by atoms with Crippen LogP contribution >= 0.6 is 11.8 Å². The maximum atomic E-state index is 13.4. The van der Waals surface area contributed by atoms with Crippen LogP contribution in [0.3, 0.4) is 0 Å². The zero-order valence-corrected chi connectivity index (χ0v) is 17.3. The number of rotatable bonds is 5. The number of para-hydroxylation sites is 2. The van der Waals surface area contributed by atoms with Crippen LogP contribution in [-0.4, -0.2) is 11.1 Å². The summed E-state index contributed by atoms with van der Waals surface area (Å²) in [5.74, 6) is 0.569. The highest BCUT2D eigenvalue weighted by Crippen LogP contribution is 2.39. The lowest BCUT2D eigenvalue weighted by Gasteiger charge is -2.19. The van der Waals surface area contributed by atoms with Crippen molar-refractivity contribution in [3.63, 3.8) is 0 Å². The van der Waals surface area contributed by atoms with Crippen molar-refractivity contribution in [1.29, 1.82) is 0 Å². The zero-order chi connectivity index (χ0) is 20.2. The molecule has 0 bridgehead atoms. The highest BCUT2D eigenvalue weighted by molar-refractivity contribution is 8.19. The largest absolute Gasteiger partial charge is 0.465 e. The quantitative estimate of drug-likeness (QED) is 0.476. The second-order valence-electron chi connectivity index (χ2n) is 6.63. The first-order chi connectivity index (χ1) is 14.2. The van der Waals surface area contributed by atoms with E-state index in [1.165, 1.54) is 11.8 Å². The molecule has 0 saturated carbocycles. The van der Waals surface area contributed by atoms with Gasteiger partial charge in [0.25, 0.3) is 5.91 Å². The van der Waals surface area contributed by atoms with Crippen molar-refractivity contribution >= 4 is 40.3 Å². The minimum absolute atomic E-state index is 0.0833. The first-order valence-electron chi connectivity index (χ1n) is 9.73. The minimum Gasteiger partial charge on any atom is -0.465 e. The Kier molecular flexibility index (Phi) is 5.67. The van der Waals surface area contributed by atoms with Gasteiger partial charge in [-0.1, -0.05) is 50.2 Å². The van der Waals surface area contributed by atoms with Gasteiger partial charge >= 0.3 is 0 Å². The Morgan fingerprint density at radius 1 is 0.966 bits per heavy atom. The normalized spacial score (nSPS) is 16.9. The third-order valence-corrected chi connectivity index (χ3v) is 5.79. The number of carbonyl (C=O) groups is 1. The van der Waals surface area contributed by atoms with Crippen molar-refractivity contribution in [3.05, 3.63) is 88.7 Å². The number of amides is 1. The number of thioether (sulfide) groups is 1. The molecule has 1 saturated heterocycles. The molecular formula is C24H22N2O2S. The molecule has 1 aliphatic rings. The van der Waals surface area contributed by atoms with Gasteiger partial charge < -0.3 is 4.42 Å². The Bertz CT molecular complexity index is 1080. The van der Waals surface area contributed by atoms with Crippen LogP contribution in [0.15, 0.2) is 81.2 Å². The maximum Gasteiger partial charge on any atom is 0.271 e. The van der Waals surface area contributed by atoms with Crippen molar-refractivity contribution < 1.29 is 9.21 Å². The summed E-state index contributed by atoms with van der Waals surface area (Å²) in [6.07, 6.45) is 5.10. The molecule has 2 aromatic carbocycles. The van der Waals surface area contributed by atoms with Crippen molar-refractivity contribution in [3.8, 4) is 0 Å². The van der Waals surface area contributed by atoms with E-state index in [4.69, 9.17) is 9.41 Å². The summed E-state index contributed by atoms with van der Waals surface area (Å²) in [6, 6.07) is 19.7. The number of amidine groups is 1. The molecular weight excluding hydrogens is 380 g/mol. The summed E-state index contributed by atoms with van der Waals surface area (Å²) >= 11 is 1.38. The summed E-state index contributed by atoms with van der Waals surface area (Å²) < 4.78 is 5.42. The second-order valence-corrected chi connectivity index (χ2v) is 7.63. The molecule has 1 amide bonds. The van der Waals surface area contributed by atoms with Crippen molar-refractivity contribution in [2.24, 2.45) is 4.99 Å². The van der Waals surface area contributed by atoms with Crippen LogP contribution in [0.25, 0.3) is 6.08 Å². The zero-order valence-electron chi connectivity index (χ0n) is 16.5. The Hall–Kier alpha value is -3.05. The van der Waals surface area contributed by atoms with Crippen LogP contribution in [0.1, 0.15) is 30.7 Å². The summed E-state index contributed by atoms with van der Waals surface area (Å²) in [7, 11) is 0. The number of furan rings is 1. The van der Waals surface area contributed by atoms with E-state index < -0.39 is 0 Å². The molecule has 5 heteroatoms. The number of benzene rings is 2.